The molecule has 1 saturated carbocycles. The van der Waals surface area contributed by atoms with Crippen LogP contribution in [0, 0.1) is 5.92 Å². The summed E-state index contributed by atoms with van der Waals surface area (Å²) in [6, 6.07) is 11.6. The first-order chi connectivity index (χ1) is 15.9. The van der Waals surface area contributed by atoms with Gasteiger partial charge in [0, 0.05) is 11.3 Å². The van der Waals surface area contributed by atoms with Gasteiger partial charge in [0.15, 0.2) is 0 Å². The van der Waals surface area contributed by atoms with E-state index in [1.165, 1.54) is 17.3 Å². The third kappa shape index (κ3) is 7.11. The average Bonchev–Trinajstić information content (AvgIpc) is 2.80. The molecule has 1 N–H and O–H groups in total. The van der Waals surface area contributed by atoms with Crippen LogP contribution in [0.4, 0.5) is 13.2 Å². The van der Waals surface area contributed by atoms with Gasteiger partial charge in [0.05, 0.1) is 5.56 Å². The molecule has 0 spiro atoms. The van der Waals surface area contributed by atoms with Gasteiger partial charge in [-0.15, -0.1) is 0 Å². The van der Waals surface area contributed by atoms with Gasteiger partial charge in [-0.3, -0.25) is 9.59 Å². The van der Waals surface area contributed by atoms with E-state index < -0.39 is 23.7 Å². The first kappa shape index (κ1) is 26.3. The molecule has 0 aliphatic heterocycles. The van der Waals surface area contributed by atoms with Crippen molar-refractivity contribution in [3.63, 3.8) is 0 Å². The molecule has 184 valence electrons. The molecule has 1 amide bonds. The molecule has 0 bridgehead atoms. The van der Waals surface area contributed by atoms with Crippen molar-refractivity contribution in [1.82, 2.24) is 5.32 Å². The van der Waals surface area contributed by atoms with Crippen molar-refractivity contribution in [1.29, 1.82) is 0 Å². The largest absolute Gasteiger partial charge is 0.416 e. The van der Waals surface area contributed by atoms with E-state index in [4.69, 9.17) is 0 Å². The molecule has 0 heterocycles. The van der Waals surface area contributed by atoms with Crippen LogP contribution in [0.25, 0.3) is 0 Å². The van der Waals surface area contributed by atoms with E-state index in [1.54, 1.807) is 0 Å². The predicted molar refractivity (Wildman–Crippen MR) is 131 cm³/mol. The quantitative estimate of drug-likeness (QED) is 0.467. The van der Waals surface area contributed by atoms with Crippen LogP contribution in [0.1, 0.15) is 79.9 Å². The van der Waals surface area contributed by atoms with Gasteiger partial charge < -0.3 is 5.32 Å². The third-order valence-corrected chi connectivity index (χ3v) is 7.35. The minimum Gasteiger partial charge on any atom is -0.341 e. The van der Waals surface area contributed by atoms with Crippen LogP contribution in [0.5, 0.6) is 0 Å². The van der Waals surface area contributed by atoms with E-state index in [1.807, 2.05) is 12.1 Å². The number of halogens is 3. The molecule has 3 nitrogen and oxygen atoms in total. The Morgan fingerprint density at radius 1 is 0.912 bits per heavy atom. The van der Waals surface area contributed by atoms with Gasteiger partial charge in [0.1, 0.15) is 6.04 Å². The molecule has 0 unspecified atom stereocenters. The number of hydrogen-bond donors (Lipinski definition) is 1. The van der Waals surface area contributed by atoms with Gasteiger partial charge >= 0.3 is 6.18 Å². The number of rotatable bonds is 6. The van der Waals surface area contributed by atoms with E-state index in [0.717, 1.165) is 61.9 Å². The van der Waals surface area contributed by atoms with E-state index in [-0.39, 0.29) is 22.0 Å². The number of benzene rings is 2. The predicted octanol–water partition coefficient (Wildman–Crippen LogP) is 7.14. The number of thioether (sulfide) groups is 1. The Hall–Kier alpha value is -2.28. The standard InChI is InChI=1S/C27H32F3NO2S/c1-26(2,3)21-13-9-18(10-14-21)17-34-25(33)23(19-7-5-4-6-8-19)31-24(32)20-11-15-22(16-12-20)27(28,29)30/h9-16,19,23H,4-8,17H2,1-3H3,(H,31,32)/t23-/m1/s1. The highest BCUT2D eigenvalue weighted by atomic mass is 32.2. The molecular weight excluding hydrogens is 459 g/mol. The zero-order chi connectivity index (χ0) is 24.9. The highest BCUT2D eigenvalue weighted by Gasteiger charge is 2.33. The maximum absolute atomic E-state index is 13.2. The normalized spacial score (nSPS) is 16.2. The summed E-state index contributed by atoms with van der Waals surface area (Å²) in [5.74, 6) is 0.0195. The first-order valence-corrected chi connectivity index (χ1v) is 12.7. The molecule has 0 radical (unpaired) electrons. The highest BCUT2D eigenvalue weighted by molar-refractivity contribution is 8.13. The fourth-order valence-corrected chi connectivity index (χ4v) is 5.15. The van der Waals surface area contributed by atoms with Gasteiger partial charge in [-0.1, -0.05) is 76.1 Å². The summed E-state index contributed by atoms with van der Waals surface area (Å²) in [5, 5.41) is 2.73. The summed E-state index contributed by atoms with van der Waals surface area (Å²) in [6.07, 6.45) is 0.358. The maximum Gasteiger partial charge on any atom is 0.416 e. The lowest BCUT2D eigenvalue weighted by atomic mass is 9.84. The molecule has 1 atom stereocenters. The van der Waals surface area contributed by atoms with E-state index in [0.29, 0.717) is 5.75 Å². The Bertz CT molecular complexity index is 973. The van der Waals surface area contributed by atoms with Crippen molar-refractivity contribution in [3.05, 3.63) is 70.8 Å². The Morgan fingerprint density at radius 2 is 1.47 bits per heavy atom. The third-order valence-electron chi connectivity index (χ3n) is 6.34. The van der Waals surface area contributed by atoms with E-state index in [2.05, 4.69) is 38.2 Å². The van der Waals surface area contributed by atoms with Crippen LogP contribution < -0.4 is 5.32 Å². The number of alkyl halides is 3. The second-order valence-electron chi connectivity index (χ2n) is 9.98. The van der Waals surface area contributed by atoms with Crippen molar-refractivity contribution < 1.29 is 22.8 Å². The summed E-state index contributed by atoms with van der Waals surface area (Å²) >= 11 is 1.19. The Labute approximate surface area is 203 Å². The van der Waals surface area contributed by atoms with E-state index in [9.17, 15) is 22.8 Å². The number of carbonyl (C=O) groups excluding carboxylic acids is 2. The SMILES string of the molecule is CC(C)(C)c1ccc(CSC(=O)[C@H](NC(=O)c2ccc(C(F)(F)F)cc2)C2CCCCC2)cc1. The minimum absolute atomic E-state index is 0.0374. The lowest BCUT2D eigenvalue weighted by Gasteiger charge is -2.29. The van der Waals surface area contributed by atoms with Crippen LogP contribution in [0.15, 0.2) is 48.5 Å². The Morgan fingerprint density at radius 3 is 2.00 bits per heavy atom. The van der Waals surface area contributed by atoms with Crippen molar-refractivity contribution in [3.8, 4) is 0 Å². The van der Waals surface area contributed by atoms with Crippen LogP contribution >= 0.6 is 11.8 Å². The number of amides is 1. The molecule has 1 fully saturated rings. The molecule has 1 aliphatic rings. The van der Waals surface area contributed by atoms with Crippen molar-refractivity contribution in [2.45, 2.75) is 76.3 Å². The average molecular weight is 492 g/mol. The van der Waals surface area contributed by atoms with Crippen LogP contribution in [0.3, 0.4) is 0 Å². The molecule has 2 aromatic rings. The van der Waals surface area contributed by atoms with Crippen LogP contribution in [0.2, 0.25) is 0 Å². The first-order valence-electron chi connectivity index (χ1n) is 11.7. The van der Waals surface area contributed by atoms with Gasteiger partial charge in [0.25, 0.3) is 5.91 Å². The summed E-state index contributed by atoms with van der Waals surface area (Å²) in [5.41, 5.74) is 1.61. The molecule has 0 saturated heterocycles. The van der Waals surface area contributed by atoms with Gasteiger partial charge in [0.2, 0.25) is 5.12 Å². The fourth-order valence-electron chi connectivity index (χ4n) is 4.22. The zero-order valence-corrected chi connectivity index (χ0v) is 20.7. The van der Waals surface area contributed by atoms with Gasteiger partial charge in [-0.25, -0.2) is 0 Å². The Kier molecular flexibility index (Phi) is 8.50. The second kappa shape index (κ2) is 11.0. The molecule has 34 heavy (non-hydrogen) atoms. The number of carbonyl (C=O) groups is 2. The zero-order valence-electron chi connectivity index (χ0n) is 19.9. The Balaban J connectivity index is 1.68. The number of nitrogens with one attached hydrogen (secondary N) is 1. The molecule has 1 aliphatic carbocycles. The molecule has 3 rings (SSSR count). The molecule has 2 aromatic carbocycles. The highest BCUT2D eigenvalue weighted by Crippen LogP contribution is 2.31. The van der Waals surface area contributed by atoms with Gasteiger partial charge in [-0.05, 0) is 59.6 Å². The minimum atomic E-state index is -4.46. The topological polar surface area (TPSA) is 46.2 Å². The summed E-state index contributed by atoms with van der Waals surface area (Å²) in [4.78, 5) is 26.0. The fraction of sp³-hybridized carbons (Fsp3) is 0.481. The summed E-state index contributed by atoms with van der Waals surface area (Å²) in [6.45, 7) is 6.44. The summed E-state index contributed by atoms with van der Waals surface area (Å²) in [7, 11) is 0. The second-order valence-corrected chi connectivity index (χ2v) is 11.0. The van der Waals surface area contributed by atoms with Crippen molar-refractivity contribution >= 4 is 22.8 Å². The monoisotopic (exact) mass is 491 g/mol. The lowest BCUT2D eigenvalue weighted by molar-refractivity contribution is -0.137. The molecule has 0 aromatic heterocycles. The van der Waals surface area contributed by atoms with Crippen molar-refractivity contribution in [2.75, 3.05) is 0 Å². The number of hydrogen-bond acceptors (Lipinski definition) is 3. The van der Waals surface area contributed by atoms with E-state index >= 15 is 0 Å². The molecular formula is C27H32F3NO2S. The van der Waals surface area contributed by atoms with Crippen molar-refractivity contribution in [2.24, 2.45) is 5.92 Å². The smallest absolute Gasteiger partial charge is 0.341 e. The lowest BCUT2D eigenvalue weighted by Crippen LogP contribution is -2.45. The summed E-state index contributed by atoms with van der Waals surface area (Å²) < 4.78 is 38.5. The van der Waals surface area contributed by atoms with Gasteiger partial charge in [-0.2, -0.15) is 13.2 Å². The van der Waals surface area contributed by atoms with Crippen LogP contribution in [-0.2, 0) is 22.1 Å². The molecule has 7 heteroatoms. The van der Waals surface area contributed by atoms with Crippen LogP contribution in [-0.4, -0.2) is 17.1 Å². The maximum atomic E-state index is 13.2.